The number of nitrogens with two attached hydrogens (primary N) is 1. The summed E-state index contributed by atoms with van der Waals surface area (Å²) in [5.41, 5.74) is 10.7. The molecule has 0 saturated heterocycles. The van der Waals surface area contributed by atoms with Gasteiger partial charge in [-0.1, -0.05) is 0 Å². The van der Waals surface area contributed by atoms with Gasteiger partial charge in [-0.2, -0.15) is 0 Å². The lowest BCUT2D eigenvalue weighted by molar-refractivity contribution is 0.410. The molecule has 0 aliphatic heterocycles. The van der Waals surface area contributed by atoms with Crippen LogP contribution in [0.5, 0.6) is 5.75 Å². The summed E-state index contributed by atoms with van der Waals surface area (Å²) in [6, 6.07) is 2.11. The van der Waals surface area contributed by atoms with E-state index < -0.39 is 0 Å². The molecule has 16 heavy (non-hydrogen) atoms. The third-order valence-corrected chi connectivity index (χ3v) is 3.12. The molecule has 0 amide bonds. The average Bonchev–Trinajstić information content (AvgIpc) is 2.28. The van der Waals surface area contributed by atoms with Gasteiger partial charge in [-0.15, -0.1) is 0 Å². The zero-order chi connectivity index (χ0) is 12.1. The number of hydrogen-bond donors (Lipinski definition) is 2. The van der Waals surface area contributed by atoms with E-state index in [4.69, 9.17) is 10.5 Å². The van der Waals surface area contributed by atoms with Gasteiger partial charge in [-0.3, -0.25) is 0 Å². The second kappa shape index (κ2) is 5.87. The summed E-state index contributed by atoms with van der Waals surface area (Å²) in [7, 11) is 1.72. The van der Waals surface area contributed by atoms with Crippen LogP contribution in [0.15, 0.2) is 6.07 Å². The predicted molar refractivity (Wildman–Crippen MR) is 68.0 cm³/mol. The van der Waals surface area contributed by atoms with E-state index in [-0.39, 0.29) is 0 Å². The van der Waals surface area contributed by atoms with Gasteiger partial charge in [0.15, 0.2) is 0 Å². The van der Waals surface area contributed by atoms with E-state index in [1.165, 1.54) is 22.3 Å². The summed E-state index contributed by atoms with van der Waals surface area (Å²) < 4.78 is 5.35. The Balaban J connectivity index is 2.96. The largest absolute Gasteiger partial charge is 0.496 e. The van der Waals surface area contributed by atoms with Gasteiger partial charge in [0.2, 0.25) is 0 Å². The van der Waals surface area contributed by atoms with Crippen LogP contribution >= 0.6 is 0 Å². The highest BCUT2D eigenvalue weighted by Crippen LogP contribution is 2.27. The maximum Gasteiger partial charge on any atom is 0.122 e. The second-order valence-corrected chi connectivity index (χ2v) is 4.08. The SMILES string of the molecule is COc1cc(C)c(CCNCN)c(C)c1C. The summed E-state index contributed by atoms with van der Waals surface area (Å²) in [6.45, 7) is 7.85. The summed E-state index contributed by atoms with van der Waals surface area (Å²) in [5.74, 6) is 0.977. The Morgan fingerprint density at radius 2 is 1.94 bits per heavy atom. The fourth-order valence-corrected chi connectivity index (χ4v) is 2.01. The van der Waals surface area contributed by atoms with Crippen LogP contribution < -0.4 is 15.8 Å². The molecule has 0 unspecified atom stereocenters. The number of hydrogen-bond acceptors (Lipinski definition) is 3. The molecule has 0 bridgehead atoms. The van der Waals surface area contributed by atoms with Crippen molar-refractivity contribution in [3.05, 3.63) is 28.3 Å². The van der Waals surface area contributed by atoms with Gasteiger partial charge in [0.05, 0.1) is 7.11 Å². The second-order valence-electron chi connectivity index (χ2n) is 4.08. The number of rotatable bonds is 5. The van der Waals surface area contributed by atoms with Crippen LogP contribution in [0.25, 0.3) is 0 Å². The first kappa shape index (κ1) is 13.0. The number of ether oxygens (including phenoxy) is 1. The van der Waals surface area contributed by atoms with Gasteiger partial charge < -0.3 is 15.8 Å². The fraction of sp³-hybridized carbons (Fsp3) is 0.538. The number of benzene rings is 1. The zero-order valence-electron chi connectivity index (χ0n) is 10.7. The minimum absolute atomic E-state index is 0.535. The lowest BCUT2D eigenvalue weighted by Crippen LogP contribution is -2.24. The molecule has 3 nitrogen and oxygen atoms in total. The smallest absolute Gasteiger partial charge is 0.122 e. The first-order chi connectivity index (χ1) is 7.61. The lowest BCUT2D eigenvalue weighted by atomic mass is 9.95. The molecule has 0 aliphatic rings. The molecule has 0 saturated carbocycles. The molecule has 3 N–H and O–H groups in total. The Morgan fingerprint density at radius 3 is 2.50 bits per heavy atom. The van der Waals surface area contributed by atoms with Crippen LogP contribution in [0.3, 0.4) is 0 Å². The van der Waals surface area contributed by atoms with Crippen LogP contribution in [0, 0.1) is 20.8 Å². The zero-order valence-corrected chi connectivity index (χ0v) is 10.7. The maximum absolute atomic E-state index is 5.41. The van der Waals surface area contributed by atoms with Gasteiger partial charge in [0.25, 0.3) is 0 Å². The molecule has 0 heterocycles. The normalized spacial score (nSPS) is 10.6. The summed E-state index contributed by atoms with van der Waals surface area (Å²) in [6.07, 6.45) is 1.01. The summed E-state index contributed by atoms with van der Waals surface area (Å²) in [5, 5.41) is 3.15. The van der Waals surface area contributed by atoms with Crippen LogP contribution in [-0.2, 0) is 6.42 Å². The van der Waals surface area contributed by atoms with Crippen molar-refractivity contribution in [3.8, 4) is 5.75 Å². The molecule has 90 valence electrons. The van der Waals surface area contributed by atoms with E-state index in [2.05, 4.69) is 32.2 Å². The molecule has 3 heteroatoms. The standard InChI is InChI=1S/C13H22N2O/c1-9-7-13(16-4)11(3)10(2)12(9)5-6-15-8-14/h7,15H,5-6,8,14H2,1-4H3. The predicted octanol–water partition coefficient (Wildman–Crippen LogP) is 1.67. The third-order valence-electron chi connectivity index (χ3n) is 3.12. The Kier molecular flexibility index (Phi) is 4.77. The van der Waals surface area contributed by atoms with Gasteiger partial charge >= 0.3 is 0 Å². The highest BCUT2D eigenvalue weighted by Gasteiger charge is 2.09. The van der Waals surface area contributed by atoms with Gasteiger partial charge in [0.1, 0.15) is 5.75 Å². The van der Waals surface area contributed by atoms with E-state index in [9.17, 15) is 0 Å². The molecular weight excluding hydrogens is 200 g/mol. The first-order valence-electron chi connectivity index (χ1n) is 5.66. The minimum Gasteiger partial charge on any atom is -0.496 e. The third kappa shape index (κ3) is 2.74. The van der Waals surface area contributed by atoms with Gasteiger partial charge in [-0.25, -0.2) is 0 Å². The van der Waals surface area contributed by atoms with Crippen LogP contribution in [-0.4, -0.2) is 20.3 Å². The number of methoxy groups -OCH3 is 1. The van der Waals surface area contributed by atoms with Crippen molar-refractivity contribution in [1.29, 1.82) is 0 Å². The van der Waals surface area contributed by atoms with Crippen LogP contribution in [0.4, 0.5) is 0 Å². The quantitative estimate of drug-likeness (QED) is 0.588. The molecule has 0 aliphatic carbocycles. The highest BCUT2D eigenvalue weighted by atomic mass is 16.5. The fourth-order valence-electron chi connectivity index (χ4n) is 2.01. The number of nitrogens with one attached hydrogen (secondary N) is 1. The minimum atomic E-state index is 0.535. The van der Waals surface area contributed by atoms with E-state index >= 15 is 0 Å². The molecule has 1 aromatic rings. The average molecular weight is 222 g/mol. The Labute approximate surface area is 98.0 Å². The molecular formula is C13H22N2O. The van der Waals surface area contributed by atoms with E-state index in [1.807, 2.05) is 0 Å². The first-order valence-corrected chi connectivity index (χ1v) is 5.66. The van der Waals surface area contributed by atoms with E-state index in [0.29, 0.717) is 6.67 Å². The molecule has 0 aromatic heterocycles. The van der Waals surface area contributed by atoms with Gasteiger partial charge in [-0.05, 0) is 55.5 Å². The van der Waals surface area contributed by atoms with Gasteiger partial charge in [0, 0.05) is 13.2 Å². The molecule has 0 spiro atoms. The molecule has 0 fully saturated rings. The van der Waals surface area contributed by atoms with E-state index in [1.54, 1.807) is 7.11 Å². The Bertz CT molecular complexity index is 361. The summed E-state index contributed by atoms with van der Waals surface area (Å²) >= 11 is 0. The van der Waals surface area contributed by atoms with Crippen molar-refractivity contribution < 1.29 is 4.74 Å². The van der Waals surface area contributed by atoms with Crippen LogP contribution in [0.1, 0.15) is 22.3 Å². The monoisotopic (exact) mass is 222 g/mol. The topological polar surface area (TPSA) is 47.3 Å². The van der Waals surface area contributed by atoms with Crippen LogP contribution in [0.2, 0.25) is 0 Å². The van der Waals surface area contributed by atoms with Crippen molar-refractivity contribution >= 4 is 0 Å². The Morgan fingerprint density at radius 1 is 1.25 bits per heavy atom. The lowest BCUT2D eigenvalue weighted by Gasteiger charge is -2.16. The molecule has 0 atom stereocenters. The van der Waals surface area contributed by atoms with Crippen molar-refractivity contribution in [3.63, 3.8) is 0 Å². The molecule has 1 aromatic carbocycles. The summed E-state index contributed by atoms with van der Waals surface area (Å²) in [4.78, 5) is 0. The molecule has 1 rings (SSSR count). The maximum atomic E-state index is 5.41. The molecule has 0 radical (unpaired) electrons. The highest BCUT2D eigenvalue weighted by molar-refractivity contribution is 5.48. The van der Waals surface area contributed by atoms with Crippen molar-refractivity contribution in [1.82, 2.24) is 5.32 Å². The Hall–Kier alpha value is -1.06. The van der Waals surface area contributed by atoms with Crippen molar-refractivity contribution in [2.24, 2.45) is 5.73 Å². The van der Waals surface area contributed by atoms with E-state index in [0.717, 1.165) is 18.7 Å². The van der Waals surface area contributed by atoms with Crippen molar-refractivity contribution in [2.75, 3.05) is 20.3 Å². The number of aryl methyl sites for hydroxylation is 1. The van der Waals surface area contributed by atoms with Crippen molar-refractivity contribution in [2.45, 2.75) is 27.2 Å².